The maximum atomic E-state index is 10.5. The molecule has 0 spiro atoms. The van der Waals surface area contributed by atoms with E-state index < -0.39 is 11.7 Å². The normalized spacial score (nSPS) is 20.8. The second kappa shape index (κ2) is 5.82. The maximum Gasteiger partial charge on any atom is 0.111 e. The zero-order chi connectivity index (χ0) is 13.0. The van der Waals surface area contributed by atoms with E-state index in [1.807, 2.05) is 10.8 Å². The highest BCUT2D eigenvalue weighted by Gasteiger charge is 2.40. The molecule has 1 unspecified atom stereocenters. The average Bonchev–Trinajstić information content (AvgIpc) is 2.86. The molecule has 1 aliphatic heterocycles. The van der Waals surface area contributed by atoms with Gasteiger partial charge in [-0.1, -0.05) is 0 Å². The zero-order valence-corrected chi connectivity index (χ0v) is 11.1. The van der Waals surface area contributed by atoms with E-state index in [0.717, 1.165) is 25.2 Å². The minimum Gasteiger partial charge on any atom is -0.390 e. The first-order valence-electron chi connectivity index (χ1n) is 6.53. The molecule has 1 fully saturated rings. The number of rotatable bonds is 5. The number of hydrogen-bond donors (Lipinski definition) is 1. The van der Waals surface area contributed by atoms with Crippen LogP contribution in [0.5, 0.6) is 0 Å². The van der Waals surface area contributed by atoms with Gasteiger partial charge in [-0.05, 0) is 6.92 Å². The average molecular weight is 254 g/mol. The van der Waals surface area contributed by atoms with Crippen LogP contribution in [0.25, 0.3) is 0 Å². The van der Waals surface area contributed by atoms with Crippen molar-refractivity contribution in [3.05, 3.63) is 18.2 Å². The second-order valence-electron chi connectivity index (χ2n) is 4.73. The molecule has 0 aromatic carbocycles. The van der Waals surface area contributed by atoms with Crippen LogP contribution in [0.2, 0.25) is 0 Å². The third-order valence-corrected chi connectivity index (χ3v) is 3.87. The summed E-state index contributed by atoms with van der Waals surface area (Å²) in [5.41, 5.74) is -0.483. The maximum absolute atomic E-state index is 10.5. The fourth-order valence-electron chi connectivity index (χ4n) is 2.57. The van der Waals surface area contributed by atoms with E-state index in [4.69, 9.17) is 9.47 Å². The summed E-state index contributed by atoms with van der Waals surface area (Å²) in [4.78, 5) is 4.30. The molecule has 0 saturated carbocycles. The predicted molar refractivity (Wildman–Crippen MR) is 67.4 cm³/mol. The van der Waals surface area contributed by atoms with Crippen LogP contribution in [0.3, 0.4) is 0 Å². The lowest BCUT2D eigenvalue weighted by Crippen LogP contribution is -2.49. The number of methoxy groups -OCH3 is 1. The topological polar surface area (TPSA) is 56.5 Å². The van der Waals surface area contributed by atoms with E-state index in [-0.39, 0.29) is 0 Å². The fourth-order valence-corrected chi connectivity index (χ4v) is 2.57. The quantitative estimate of drug-likeness (QED) is 0.851. The van der Waals surface area contributed by atoms with Gasteiger partial charge in [0.25, 0.3) is 0 Å². The Hall–Kier alpha value is -0.910. The molecular weight excluding hydrogens is 232 g/mol. The molecular formula is C13H22N2O3. The van der Waals surface area contributed by atoms with Crippen molar-refractivity contribution in [3.63, 3.8) is 0 Å². The summed E-state index contributed by atoms with van der Waals surface area (Å²) in [5.74, 6) is 0.910. The zero-order valence-electron chi connectivity index (χ0n) is 11.1. The van der Waals surface area contributed by atoms with E-state index in [2.05, 4.69) is 11.9 Å². The number of aliphatic hydroxyl groups excluding tert-OH is 1. The third kappa shape index (κ3) is 2.58. The summed E-state index contributed by atoms with van der Waals surface area (Å²) in [6.07, 6.45) is 5.16. The Labute approximate surface area is 108 Å². The van der Waals surface area contributed by atoms with Crippen molar-refractivity contribution in [3.8, 4) is 0 Å². The molecule has 102 valence electrons. The van der Waals surface area contributed by atoms with E-state index in [0.29, 0.717) is 19.6 Å². The first-order valence-corrected chi connectivity index (χ1v) is 6.53. The van der Waals surface area contributed by atoms with E-state index in [9.17, 15) is 5.11 Å². The predicted octanol–water partition coefficient (Wildman–Crippen LogP) is 1.00. The molecule has 0 bridgehead atoms. The van der Waals surface area contributed by atoms with E-state index in [1.165, 1.54) is 0 Å². The van der Waals surface area contributed by atoms with Crippen molar-refractivity contribution < 1.29 is 14.6 Å². The number of ether oxygens (including phenoxy) is 2. The van der Waals surface area contributed by atoms with Crippen molar-refractivity contribution in [2.24, 2.45) is 0 Å². The van der Waals surface area contributed by atoms with Crippen LogP contribution in [0.4, 0.5) is 0 Å². The van der Waals surface area contributed by atoms with Gasteiger partial charge in [0.05, 0.1) is 11.7 Å². The minimum atomic E-state index is -0.543. The van der Waals surface area contributed by atoms with Crippen molar-refractivity contribution in [2.45, 2.75) is 44.4 Å². The lowest BCUT2D eigenvalue weighted by atomic mass is 9.86. The molecule has 1 N–H and O–H groups in total. The smallest absolute Gasteiger partial charge is 0.111 e. The first-order chi connectivity index (χ1) is 8.72. The van der Waals surface area contributed by atoms with Gasteiger partial charge in [-0.25, -0.2) is 4.98 Å². The number of aliphatic hydroxyl groups is 1. The highest BCUT2D eigenvalue weighted by atomic mass is 16.5. The molecule has 1 aromatic rings. The molecule has 0 amide bonds. The van der Waals surface area contributed by atoms with E-state index in [1.54, 1.807) is 13.3 Å². The van der Waals surface area contributed by atoms with Crippen LogP contribution in [0.1, 0.15) is 25.6 Å². The molecule has 0 radical (unpaired) electrons. The molecule has 5 nitrogen and oxygen atoms in total. The molecule has 5 heteroatoms. The third-order valence-electron chi connectivity index (χ3n) is 3.87. The lowest BCUT2D eigenvalue weighted by Gasteiger charge is -2.39. The second-order valence-corrected chi connectivity index (χ2v) is 4.73. The molecule has 2 rings (SSSR count). The van der Waals surface area contributed by atoms with Crippen molar-refractivity contribution in [2.75, 3.05) is 20.3 Å². The highest BCUT2D eigenvalue weighted by Crippen LogP contribution is 2.29. The van der Waals surface area contributed by atoms with Crippen molar-refractivity contribution >= 4 is 0 Å². The van der Waals surface area contributed by atoms with Gasteiger partial charge in [-0.15, -0.1) is 0 Å². The highest BCUT2D eigenvalue weighted by molar-refractivity contribution is 5.00. The summed E-state index contributed by atoms with van der Waals surface area (Å²) in [5, 5.41) is 10.5. The van der Waals surface area contributed by atoms with Gasteiger partial charge in [0.15, 0.2) is 0 Å². The molecule has 2 heterocycles. The Morgan fingerprint density at radius 1 is 1.56 bits per heavy atom. The number of aryl methyl sites for hydroxylation is 1. The van der Waals surface area contributed by atoms with Crippen LogP contribution in [0, 0.1) is 0 Å². The monoisotopic (exact) mass is 254 g/mol. The molecule has 1 saturated heterocycles. The van der Waals surface area contributed by atoms with Gasteiger partial charge in [0.1, 0.15) is 5.82 Å². The summed E-state index contributed by atoms with van der Waals surface area (Å²) in [6, 6.07) is 0. The number of aromatic nitrogens is 2. The van der Waals surface area contributed by atoms with Crippen molar-refractivity contribution in [1.29, 1.82) is 0 Å². The molecule has 18 heavy (non-hydrogen) atoms. The summed E-state index contributed by atoms with van der Waals surface area (Å²) >= 11 is 0. The molecule has 1 atom stereocenters. The number of nitrogens with zero attached hydrogens (tertiary/aromatic N) is 2. The van der Waals surface area contributed by atoms with Crippen LogP contribution < -0.4 is 0 Å². The van der Waals surface area contributed by atoms with Crippen molar-refractivity contribution in [1.82, 2.24) is 9.55 Å². The largest absolute Gasteiger partial charge is 0.390 e. The summed E-state index contributed by atoms with van der Waals surface area (Å²) < 4.78 is 13.0. The van der Waals surface area contributed by atoms with Gasteiger partial charge in [-0.3, -0.25) is 0 Å². The Balaban J connectivity index is 2.07. The van der Waals surface area contributed by atoms with E-state index >= 15 is 0 Å². The SMILES string of the molecule is CCn1ccnc1CC(O)C1(OC)CCOCC1. The fraction of sp³-hybridized carbons (Fsp3) is 0.769. The van der Waals surface area contributed by atoms with Gasteiger partial charge < -0.3 is 19.1 Å². The Morgan fingerprint density at radius 3 is 2.89 bits per heavy atom. The van der Waals surface area contributed by atoms with Crippen LogP contribution in [-0.2, 0) is 22.4 Å². The van der Waals surface area contributed by atoms with Gasteiger partial charge in [0, 0.05) is 58.5 Å². The molecule has 1 aliphatic rings. The van der Waals surface area contributed by atoms with Crippen LogP contribution in [0.15, 0.2) is 12.4 Å². The summed E-state index contributed by atoms with van der Waals surface area (Å²) in [7, 11) is 1.67. The number of imidazole rings is 1. The standard InChI is InChI=1S/C13H22N2O3/c1-3-15-7-6-14-12(15)10-11(16)13(17-2)4-8-18-9-5-13/h6-7,11,16H,3-5,8-10H2,1-2H3. The first kappa shape index (κ1) is 13.5. The Morgan fingerprint density at radius 2 is 2.28 bits per heavy atom. The van der Waals surface area contributed by atoms with Gasteiger partial charge in [-0.2, -0.15) is 0 Å². The van der Waals surface area contributed by atoms with Crippen LogP contribution >= 0.6 is 0 Å². The number of hydrogen-bond acceptors (Lipinski definition) is 4. The summed E-state index contributed by atoms with van der Waals surface area (Å²) in [6.45, 7) is 4.23. The van der Waals surface area contributed by atoms with Gasteiger partial charge in [0.2, 0.25) is 0 Å². The minimum absolute atomic E-state index is 0.483. The van der Waals surface area contributed by atoms with Crippen LogP contribution in [-0.4, -0.2) is 46.7 Å². The lowest BCUT2D eigenvalue weighted by molar-refractivity contribution is -0.152. The Bertz CT molecular complexity index is 372. The molecule has 1 aromatic heterocycles. The Kier molecular flexibility index (Phi) is 4.37. The van der Waals surface area contributed by atoms with Gasteiger partial charge >= 0.3 is 0 Å². The molecule has 0 aliphatic carbocycles.